The number of fused-ring (bicyclic) bond motifs is 1. The van der Waals surface area contributed by atoms with Gasteiger partial charge in [-0.2, -0.15) is 10.1 Å². The van der Waals surface area contributed by atoms with Crippen LogP contribution in [0.15, 0.2) is 52.5 Å². The highest BCUT2D eigenvalue weighted by atomic mass is 32.2. The lowest BCUT2D eigenvalue weighted by atomic mass is 10.1. The van der Waals surface area contributed by atoms with Crippen molar-refractivity contribution in [1.29, 1.82) is 0 Å². The summed E-state index contributed by atoms with van der Waals surface area (Å²) in [5.74, 6) is -0.363. The number of amides is 1. The predicted molar refractivity (Wildman–Crippen MR) is 93.1 cm³/mol. The molecule has 2 aromatic carbocycles. The molecule has 1 heterocycles. The van der Waals surface area contributed by atoms with Crippen LogP contribution in [0.5, 0.6) is 0 Å². The Bertz CT molecular complexity index is 843. The Kier molecular flexibility index (Phi) is 4.05. The second-order valence-electron chi connectivity index (χ2n) is 5.45. The summed E-state index contributed by atoms with van der Waals surface area (Å²) in [5.41, 5.74) is 3.31. The third-order valence-electron chi connectivity index (χ3n) is 3.61. The maximum absolute atomic E-state index is 12.4. The average molecular weight is 324 g/mol. The van der Waals surface area contributed by atoms with E-state index in [0.717, 1.165) is 16.0 Å². The van der Waals surface area contributed by atoms with Gasteiger partial charge in [-0.1, -0.05) is 36.0 Å². The van der Waals surface area contributed by atoms with E-state index in [9.17, 15) is 9.59 Å². The highest BCUT2D eigenvalue weighted by molar-refractivity contribution is 8.16. The number of ketones is 1. The van der Waals surface area contributed by atoms with E-state index in [0.29, 0.717) is 16.3 Å². The van der Waals surface area contributed by atoms with Gasteiger partial charge in [-0.3, -0.25) is 9.59 Å². The molecule has 23 heavy (non-hydrogen) atoms. The molecular formula is C18H16N2O2S. The molecule has 0 spiro atoms. The molecule has 0 aromatic heterocycles. The van der Waals surface area contributed by atoms with Crippen LogP contribution in [0.2, 0.25) is 0 Å². The fourth-order valence-corrected chi connectivity index (χ4v) is 3.36. The van der Waals surface area contributed by atoms with E-state index in [4.69, 9.17) is 0 Å². The molecule has 1 aliphatic heterocycles. The van der Waals surface area contributed by atoms with Gasteiger partial charge >= 0.3 is 0 Å². The molecule has 0 radical (unpaired) electrons. The molecule has 1 aliphatic rings. The van der Waals surface area contributed by atoms with Crippen LogP contribution in [0.4, 0.5) is 5.69 Å². The van der Waals surface area contributed by atoms with E-state index in [1.165, 1.54) is 23.7 Å². The highest BCUT2D eigenvalue weighted by Crippen LogP contribution is 2.34. The SMILES string of the molecule is CC(=O)N(/N=C1\Sc2ccccc2C1=O)c1cc(C)ccc1C. The molecule has 0 fully saturated rings. The smallest absolute Gasteiger partial charge is 0.244 e. The third-order valence-corrected chi connectivity index (χ3v) is 4.65. The van der Waals surface area contributed by atoms with E-state index in [2.05, 4.69) is 5.10 Å². The van der Waals surface area contributed by atoms with Gasteiger partial charge in [-0.15, -0.1) is 0 Å². The van der Waals surface area contributed by atoms with E-state index in [1.807, 2.05) is 50.2 Å². The number of hydrogen-bond donors (Lipinski definition) is 0. The first kappa shape index (κ1) is 15.5. The number of thioether (sulfide) groups is 1. The van der Waals surface area contributed by atoms with E-state index in [1.54, 1.807) is 6.07 Å². The Hall–Kier alpha value is -2.40. The number of hydrazone groups is 1. The zero-order valence-corrected chi connectivity index (χ0v) is 14.0. The minimum absolute atomic E-state index is 0.137. The lowest BCUT2D eigenvalue weighted by Crippen LogP contribution is -2.25. The van der Waals surface area contributed by atoms with Gasteiger partial charge in [-0.25, -0.2) is 0 Å². The number of carbonyl (C=O) groups excluding carboxylic acids is 2. The van der Waals surface area contributed by atoms with Crippen LogP contribution in [0, 0.1) is 13.8 Å². The van der Waals surface area contributed by atoms with Gasteiger partial charge in [0, 0.05) is 17.4 Å². The first-order valence-electron chi connectivity index (χ1n) is 7.25. The van der Waals surface area contributed by atoms with Gasteiger partial charge in [0.1, 0.15) is 0 Å². The number of nitrogens with zero attached hydrogens (tertiary/aromatic N) is 2. The van der Waals surface area contributed by atoms with Gasteiger partial charge in [0.25, 0.3) is 0 Å². The summed E-state index contributed by atoms with van der Waals surface area (Å²) < 4.78 is 0. The van der Waals surface area contributed by atoms with Crippen molar-refractivity contribution in [2.75, 3.05) is 5.01 Å². The third kappa shape index (κ3) is 2.92. The molecule has 1 amide bonds. The first-order valence-corrected chi connectivity index (χ1v) is 8.07. The van der Waals surface area contributed by atoms with Crippen LogP contribution >= 0.6 is 11.8 Å². The molecule has 3 rings (SSSR count). The molecule has 0 bridgehead atoms. The summed E-state index contributed by atoms with van der Waals surface area (Å²) in [6, 6.07) is 13.2. The average Bonchev–Trinajstić information content (AvgIpc) is 2.84. The van der Waals surface area contributed by atoms with Gasteiger partial charge < -0.3 is 0 Å². The van der Waals surface area contributed by atoms with Crippen molar-refractivity contribution >= 4 is 34.2 Å². The monoisotopic (exact) mass is 324 g/mol. The summed E-state index contributed by atoms with van der Waals surface area (Å²) in [7, 11) is 0. The van der Waals surface area contributed by atoms with Crippen LogP contribution < -0.4 is 5.01 Å². The van der Waals surface area contributed by atoms with Gasteiger partial charge in [-0.05, 0) is 43.2 Å². The summed E-state index contributed by atoms with van der Waals surface area (Å²) >= 11 is 1.30. The molecule has 0 unspecified atom stereocenters. The van der Waals surface area contributed by atoms with E-state index >= 15 is 0 Å². The van der Waals surface area contributed by atoms with Crippen molar-refractivity contribution in [2.24, 2.45) is 5.10 Å². The lowest BCUT2D eigenvalue weighted by molar-refractivity contribution is -0.116. The summed E-state index contributed by atoms with van der Waals surface area (Å²) in [5, 5.41) is 5.99. The molecule has 0 saturated carbocycles. The van der Waals surface area contributed by atoms with Crippen LogP contribution in [0.1, 0.15) is 28.4 Å². The zero-order valence-electron chi connectivity index (χ0n) is 13.2. The Morgan fingerprint density at radius 2 is 1.87 bits per heavy atom. The minimum atomic E-state index is -0.226. The first-order chi connectivity index (χ1) is 11.0. The largest absolute Gasteiger partial charge is 0.286 e. The zero-order chi connectivity index (χ0) is 16.6. The molecule has 4 nitrogen and oxygen atoms in total. The standard InChI is InChI=1S/C18H16N2O2S/c1-11-8-9-12(2)15(10-11)20(13(3)21)19-18-17(22)14-6-4-5-7-16(14)23-18/h4-10H,1-3H3/b19-18-. The second kappa shape index (κ2) is 6.01. The number of anilines is 1. The van der Waals surface area contributed by atoms with Crippen LogP contribution in [0.3, 0.4) is 0 Å². The van der Waals surface area contributed by atoms with Crippen molar-refractivity contribution < 1.29 is 9.59 Å². The van der Waals surface area contributed by atoms with E-state index < -0.39 is 0 Å². The molecule has 2 aromatic rings. The number of rotatable bonds is 2. The molecule has 0 atom stereocenters. The maximum Gasteiger partial charge on any atom is 0.244 e. The number of aryl methyl sites for hydroxylation is 2. The molecule has 5 heteroatoms. The normalized spacial score (nSPS) is 14.9. The number of Topliss-reactive ketones (excluding diaryl/α,β-unsaturated/α-hetero) is 1. The number of carbonyl (C=O) groups is 2. The predicted octanol–water partition coefficient (Wildman–Crippen LogP) is 3.96. The lowest BCUT2D eigenvalue weighted by Gasteiger charge is -2.18. The van der Waals surface area contributed by atoms with Crippen molar-refractivity contribution in [3.63, 3.8) is 0 Å². The molecule has 0 aliphatic carbocycles. The van der Waals surface area contributed by atoms with Crippen molar-refractivity contribution in [2.45, 2.75) is 25.7 Å². The maximum atomic E-state index is 12.4. The highest BCUT2D eigenvalue weighted by Gasteiger charge is 2.29. The van der Waals surface area contributed by atoms with Gasteiger partial charge in [0.2, 0.25) is 11.7 Å². The molecule has 0 N–H and O–H groups in total. The Labute approximate surface area is 139 Å². The van der Waals surface area contributed by atoms with Gasteiger partial charge in [0.15, 0.2) is 5.04 Å². The summed E-state index contributed by atoms with van der Waals surface area (Å²) in [6.07, 6.45) is 0. The molecule has 0 saturated heterocycles. The van der Waals surface area contributed by atoms with Crippen LogP contribution in [-0.4, -0.2) is 16.7 Å². The fourth-order valence-electron chi connectivity index (χ4n) is 2.41. The number of hydrogen-bond acceptors (Lipinski definition) is 4. The second-order valence-corrected chi connectivity index (χ2v) is 6.48. The van der Waals surface area contributed by atoms with Crippen molar-refractivity contribution in [3.05, 3.63) is 59.2 Å². The van der Waals surface area contributed by atoms with Gasteiger partial charge in [0.05, 0.1) is 5.69 Å². The summed E-state index contributed by atoms with van der Waals surface area (Å²) in [4.78, 5) is 25.4. The molecular weight excluding hydrogens is 308 g/mol. The Morgan fingerprint density at radius 1 is 1.13 bits per heavy atom. The minimum Gasteiger partial charge on any atom is -0.286 e. The quantitative estimate of drug-likeness (QED) is 0.786. The van der Waals surface area contributed by atoms with Crippen molar-refractivity contribution in [3.8, 4) is 0 Å². The molecule has 116 valence electrons. The van der Waals surface area contributed by atoms with E-state index in [-0.39, 0.29) is 11.7 Å². The topological polar surface area (TPSA) is 49.7 Å². The Morgan fingerprint density at radius 3 is 2.57 bits per heavy atom. The Balaban J connectivity index is 2.03. The summed E-state index contributed by atoms with van der Waals surface area (Å²) in [6.45, 7) is 5.33. The van der Waals surface area contributed by atoms with Crippen LogP contribution in [-0.2, 0) is 4.79 Å². The van der Waals surface area contributed by atoms with Crippen LogP contribution in [0.25, 0.3) is 0 Å². The van der Waals surface area contributed by atoms with Crippen molar-refractivity contribution in [1.82, 2.24) is 0 Å². The number of benzene rings is 2. The fraction of sp³-hybridized carbons (Fsp3) is 0.167.